The highest BCUT2D eigenvalue weighted by molar-refractivity contribution is 6.22. The molecule has 1 unspecified atom stereocenters. The summed E-state index contributed by atoms with van der Waals surface area (Å²) < 4.78 is 11.1. The third-order valence-corrected chi connectivity index (χ3v) is 9.86. The molecule has 2 aliphatic rings. The number of hydrogen-bond donors (Lipinski definition) is 3. The fourth-order valence-electron chi connectivity index (χ4n) is 7.10. The van der Waals surface area contributed by atoms with Gasteiger partial charge in [0.05, 0.1) is 31.4 Å². The summed E-state index contributed by atoms with van der Waals surface area (Å²) >= 11 is 0. The normalized spacial score (nSPS) is 15.4. The van der Waals surface area contributed by atoms with Crippen LogP contribution in [0, 0.1) is 6.92 Å². The zero-order valence-corrected chi connectivity index (χ0v) is 31.0. The minimum Gasteiger partial charge on any atom is -0.493 e. The molecule has 278 valence electrons. The summed E-state index contributed by atoms with van der Waals surface area (Å²) in [5, 5.41) is 9.12. The predicted molar refractivity (Wildman–Crippen MR) is 204 cm³/mol. The van der Waals surface area contributed by atoms with Crippen LogP contribution in [-0.4, -0.2) is 54.8 Å². The third-order valence-electron chi connectivity index (χ3n) is 9.86. The van der Waals surface area contributed by atoms with E-state index in [-0.39, 0.29) is 36.2 Å². The van der Waals surface area contributed by atoms with Gasteiger partial charge in [-0.15, -0.1) is 0 Å². The Morgan fingerprint density at radius 2 is 1.50 bits per heavy atom. The molecule has 4 amide bonds. The van der Waals surface area contributed by atoms with Gasteiger partial charge >= 0.3 is 0 Å². The molecule has 0 radical (unpaired) electrons. The molecule has 0 spiro atoms. The molecule has 0 aromatic heterocycles. The zero-order valence-electron chi connectivity index (χ0n) is 31.0. The highest BCUT2D eigenvalue weighted by Gasteiger charge is 2.37. The molecule has 0 bridgehead atoms. The van der Waals surface area contributed by atoms with Gasteiger partial charge in [0.2, 0.25) is 11.8 Å². The second-order valence-corrected chi connectivity index (χ2v) is 13.9. The first kappa shape index (κ1) is 38.4. The van der Waals surface area contributed by atoms with Gasteiger partial charge in [-0.05, 0) is 92.6 Å². The van der Waals surface area contributed by atoms with Crippen molar-refractivity contribution >= 4 is 35.0 Å². The standard InChI is InChI=1S/C42H54N4O6/c1-4-52-37-26-31(19-21-36(37)51-3)28-46-41(49)34-25-30(24-29(2)39(34)42(46)50)16-13-11-9-7-5-6-8-10-12-14-23-43-32-17-15-18-33(27-32)44-35-20-22-38(47)45-40(35)48/h15,17-19,21,24-27,35,43-44H,4-14,16,20,22-23,28H2,1-3H3,(H,45,47,48). The largest absolute Gasteiger partial charge is 0.493 e. The Balaban J connectivity index is 0.926. The third kappa shape index (κ3) is 10.4. The molecule has 3 N–H and O–H groups in total. The van der Waals surface area contributed by atoms with Crippen molar-refractivity contribution < 1.29 is 28.7 Å². The van der Waals surface area contributed by atoms with Gasteiger partial charge in [-0.2, -0.15) is 0 Å². The van der Waals surface area contributed by atoms with Crippen molar-refractivity contribution in [3.63, 3.8) is 0 Å². The van der Waals surface area contributed by atoms with E-state index in [4.69, 9.17) is 9.47 Å². The highest BCUT2D eigenvalue weighted by atomic mass is 16.5. The van der Waals surface area contributed by atoms with E-state index in [0.717, 1.165) is 60.3 Å². The summed E-state index contributed by atoms with van der Waals surface area (Å²) in [4.78, 5) is 51.5. The van der Waals surface area contributed by atoms with E-state index >= 15 is 0 Å². The number of amides is 4. The van der Waals surface area contributed by atoms with Crippen LogP contribution in [0.1, 0.15) is 121 Å². The molecule has 1 atom stereocenters. The maximum atomic E-state index is 13.4. The van der Waals surface area contributed by atoms with Gasteiger partial charge in [0.15, 0.2) is 11.5 Å². The van der Waals surface area contributed by atoms with Crippen molar-refractivity contribution in [3.05, 3.63) is 82.4 Å². The van der Waals surface area contributed by atoms with Crippen LogP contribution in [0.4, 0.5) is 11.4 Å². The van der Waals surface area contributed by atoms with Gasteiger partial charge in [-0.25, -0.2) is 0 Å². The number of hydrogen-bond acceptors (Lipinski definition) is 8. The number of unbranched alkanes of at least 4 members (excludes halogenated alkanes) is 9. The molecular formula is C42H54N4O6. The number of benzene rings is 3. The lowest BCUT2D eigenvalue weighted by molar-refractivity contribution is -0.133. The van der Waals surface area contributed by atoms with Gasteiger partial charge in [0.1, 0.15) is 6.04 Å². The molecule has 2 aliphatic heterocycles. The van der Waals surface area contributed by atoms with Gasteiger partial charge in [-0.3, -0.25) is 29.4 Å². The number of methoxy groups -OCH3 is 1. The molecule has 0 saturated carbocycles. The van der Waals surface area contributed by atoms with E-state index in [2.05, 4.69) is 22.0 Å². The fraction of sp³-hybridized carbons (Fsp3) is 0.476. The van der Waals surface area contributed by atoms with E-state index in [9.17, 15) is 19.2 Å². The Hall–Kier alpha value is -4.86. The van der Waals surface area contributed by atoms with Gasteiger partial charge in [-0.1, -0.05) is 69.6 Å². The molecule has 2 heterocycles. The number of nitrogens with zero attached hydrogens (tertiary/aromatic N) is 1. The summed E-state index contributed by atoms with van der Waals surface area (Å²) in [6.45, 7) is 5.42. The summed E-state index contributed by atoms with van der Waals surface area (Å²) in [5.41, 5.74) is 5.73. The van der Waals surface area contributed by atoms with Crippen LogP contribution >= 0.6 is 0 Å². The minimum absolute atomic E-state index is 0.187. The monoisotopic (exact) mass is 710 g/mol. The number of piperidine rings is 1. The van der Waals surface area contributed by atoms with Crippen molar-refractivity contribution in [3.8, 4) is 11.5 Å². The molecule has 1 saturated heterocycles. The Bertz CT molecular complexity index is 1720. The predicted octanol–water partition coefficient (Wildman–Crippen LogP) is 7.97. The average molecular weight is 711 g/mol. The van der Waals surface area contributed by atoms with E-state index in [1.54, 1.807) is 13.2 Å². The van der Waals surface area contributed by atoms with E-state index in [1.165, 1.54) is 49.8 Å². The number of ether oxygens (including phenoxy) is 2. The number of carbonyl (C=O) groups excluding carboxylic acids is 4. The summed E-state index contributed by atoms with van der Waals surface area (Å²) in [7, 11) is 1.59. The summed E-state index contributed by atoms with van der Waals surface area (Å²) in [6.07, 6.45) is 13.8. The second-order valence-electron chi connectivity index (χ2n) is 13.9. The molecule has 3 aromatic carbocycles. The quantitative estimate of drug-likeness (QED) is 0.0751. The first-order chi connectivity index (χ1) is 25.3. The number of aryl methyl sites for hydroxylation is 2. The zero-order chi connectivity index (χ0) is 36.9. The Labute approximate surface area is 308 Å². The van der Waals surface area contributed by atoms with Crippen LogP contribution in [0.25, 0.3) is 0 Å². The van der Waals surface area contributed by atoms with Crippen molar-refractivity contribution in [2.75, 3.05) is 30.9 Å². The van der Waals surface area contributed by atoms with E-state index < -0.39 is 0 Å². The van der Waals surface area contributed by atoms with Crippen LogP contribution in [0.2, 0.25) is 0 Å². The number of carbonyl (C=O) groups is 4. The van der Waals surface area contributed by atoms with Crippen molar-refractivity contribution in [2.45, 2.75) is 110 Å². The number of anilines is 2. The van der Waals surface area contributed by atoms with Crippen LogP contribution in [0.5, 0.6) is 11.5 Å². The van der Waals surface area contributed by atoms with E-state index in [0.29, 0.717) is 42.1 Å². The first-order valence-corrected chi connectivity index (χ1v) is 19.0. The minimum atomic E-state index is -0.379. The molecule has 0 aliphatic carbocycles. The van der Waals surface area contributed by atoms with Gasteiger partial charge in [0, 0.05) is 24.3 Å². The first-order valence-electron chi connectivity index (χ1n) is 19.0. The lowest BCUT2D eigenvalue weighted by Gasteiger charge is -2.23. The van der Waals surface area contributed by atoms with Crippen molar-refractivity contribution in [2.24, 2.45) is 0 Å². The maximum Gasteiger partial charge on any atom is 0.262 e. The Morgan fingerprint density at radius 3 is 2.21 bits per heavy atom. The highest BCUT2D eigenvalue weighted by Crippen LogP contribution is 2.32. The topological polar surface area (TPSA) is 126 Å². The molecular weight excluding hydrogens is 656 g/mol. The second kappa shape index (κ2) is 19.1. The number of nitrogens with one attached hydrogen (secondary N) is 3. The van der Waals surface area contributed by atoms with Crippen molar-refractivity contribution in [1.82, 2.24) is 10.2 Å². The van der Waals surface area contributed by atoms with Crippen LogP contribution in [0.15, 0.2) is 54.6 Å². The average Bonchev–Trinajstić information content (AvgIpc) is 3.36. The molecule has 3 aromatic rings. The van der Waals surface area contributed by atoms with E-state index in [1.807, 2.05) is 56.3 Å². The van der Waals surface area contributed by atoms with Gasteiger partial charge < -0.3 is 20.1 Å². The lowest BCUT2D eigenvalue weighted by atomic mass is 9.96. The van der Waals surface area contributed by atoms with Crippen LogP contribution in [0.3, 0.4) is 0 Å². The lowest BCUT2D eigenvalue weighted by Crippen LogP contribution is -2.47. The Kier molecular flexibility index (Phi) is 14.1. The number of imide groups is 2. The van der Waals surface area contributed by atoms with Crippen molar-refractivity contribution in [1.29, 1.82) is 0 Å². The fourth-order valence-corrected chi connectivity index (χ4v) is 7.10. The molecule has 5 rings (SSSR count). The Morgan fingerprint density at radius 1 is 0.788 bits per heavy atom. The molecule has 10 heteroatoms. The molecule has 52 heavy (non-hydrogen) atoms. The molecule has 10 nitrogen and oxygen atoms in total. The summed E-state index contributed by atoms with van der Waals surface area (Å²) in [6, 6.07) is 17.1. The number of fused-ring (bicyclic) bond motifs is 1. The number of rotatable bonds is 21. The smallest absolute Gasteiger partial charge is 0.262 e. The van der Waals surface area contributed by atoms with Crippen LogP contribution < -0.4 is 25.4 Å². The SMILES string of the molecule is CCOc1cc(CN2C(=O)c3cc(CCCCCCCCCCCCNc4cccc(NC5CCC(=O)NC5=O)c4)cc(C)c3C2=O)ccc1OC. The van der Waals surface area contributed by atoms with Crippen LogP contribution in [-0.2, 0) is 22.6 Å². The summed E-state index contributed by atoms with van der Waals surface area (Å²) in [5.74, 6) is 0.278. The molecule has 1 fully saturated rings. The van der Waals surface area contributed by atoms with Gasteiger partial charge in [0.25, 0.3) is 11.8 Å². The maximum absolute atomic E-state index is 13.4.